The van der Waals surface area contributed by atoms with Crippen molar-refractivity contribution in [2.24, 2.45) is 0 Å². The Balaban J connectivity index is 0.00000144. The van der Waals surface area contributed by atoms with E-state index in [4.69, 9.17) is 9.84 Å². The number of hydrogen-bond acceptors (Lipinski definition) is 4. The molecular formula is C11H16Cl2N2O3. The van der Waals surface area contributed by atoms with Gasteiger partial charge < -0.3 is 9.84 Å². The molecule has 1 saturated heterocycles. The SMILES string of the molecule is Cl.Cl.O=C(O)C1CN(Cc2ccccn2)CCO1. The van der Waals surface area contributed by atoms with Crippen LogP contribution in [-0.4, -0.2) is 46.8 Å². The highest BCUT2D eigenvalue weighted by atomic mass is 35.5. The summed E-state index contributed by atoms with van der Waals surface area (Å²) < 4.78 is 5.15. The zero-order valence-corrected chi connectivity index (χ0v) is 11.3. The molecule has 5 nitrogen and oxygen atoms in total. The number of pyridine rings is 1. The van der Waals surface area contributed by atoms with Gasteiger partial charge in [-0.05, 0) is 12.1 Å². The predicted octanol–water partition coefficient (Wildman–Crippen LogP) is 1.21. The van der Waals surface area contributed by atoms with Gasteiger partial charge in [0.1, 0.15) is 0 Å². The van der Waals surface area contributed by atoms with Gasteiger partial charge in [0.2, 0.25) is 0 Å². The molecule has 18 heavy (non-hydrogen) atoms. The third-order valence-corrected chi connectivity index (χ3v) is 2.54. The van der Waals surface area contributed by atoms with E-state index in [1.165, 1.54) is 0 Å². The molecule has 2 rings (SSSR count). The molecule has 1 aliphatic heterocycles. The van der Waals surface area contributed by atoms with Gasteiger partial charge >= 0.3 is 5.97 Å². The van der Waals surface area contributed by atoms with Gasteiger partial charge in [-0.3, -0.25) is 9.88 Å². The minimum absolute atomic E-state index is 0. The number of carboxylic acids is 1. The molecule has 0 aliphatic carbocycles. The smallest absolute Gasteiger partial charge is 0.334 e. The van der Waals surface area contributed by atoms with Crippen molar-refractivity contribution in [2.45, 2.75) is 12.6 Å². The number of carboxylic acid groups (broad SMARTS) is 1. The number of morpholine rings is 1. The van der Waals surface area contributed by atoms with E-state index in [1.54, 1.807) is 6.20 Å². The van der Waals surface area contributed by atoms with E-state index in [9.17, 15) is 4.79 Å². The summed E-state index contributed by atoms with van der Waals surface area (Å²) in [6, 6.07) is 5.73. The number of halogens is 2. The molecule has 0 aromatic carbocycles. The highest BCUT2D eigenvalue weighted by Crippen LogP contribution is 2.08. The molecule has 0 spiro atoms. The van der Waals surface area contributed by atoms with Gasteiger partial charge in [-0.25, -0.2) is 4.79 Å². The quantitative estimate of drug-likeness (QED) is 0.908. The minimum Gasteiger partial charge on any atom is -0.479 e. The Morgan fingerprint density at radius 1 is 1.50 bits per heavy atom. The zero-order valence-electron chi connectivity index (χ0n) is 9.69. The maximum Gasteiger partial charge on any atom is 0.334 e. The number of carbonyl (C=O) groups is 1. The second kappa shape index (κ2) is 8.26. The average Bonchev–Trinajstić information content (AvgIpc) is 2.30. The van der Waals surface area contributed by atoms with Crippen molar-refractivity contribution in [2.75, 3.05) is 19.7 Å². The summed E-state index contributed by atoms with van der Waals surface area (Å²) >= 11 is 0. The van der Waals surface area contributed by atoms with Gasteiger partial charge in [-0.15, -0.1) is 24.8 Å². The first-order valence-electron chi connectivity index (χ1n) is 5.22. The second-order valence-corrected chi connectivity index (χ2v) is 3.75. The Morgan fingerprint density at radius 3 is 2.89 bits per heavy atom. The fourth-order valence-electron chi connectivity index (χ4n) is 1.72. The number of rotatable bonds is 3. The standard InChI is InChI=1S/C11H14N2O3.2ClH/c14-11(15)10-8-13(5-6-16-10)7-9-3-1-2-4-12-9;;/h1-4,10H,5-8H2,(H,14,15);2*1H. The van der Waals surface area contributed by atoms with Crippen LogP contribution in [-0.2, 0) is 16.1 Å². The summed E-state index contributed by atoms with van der Waals surface area (Å²) in [6.07, 6.45) is 1.03. The highest BCUT2D eigenvalue weighted by molar-refractivity contribution is 5.85. The molecule has 1 aromatic heterocycles. The molecular weight excluding hydrogens is 279 g/mol. The van der Waals surface area contributed by atoms with E-state index in [2.05, 4.69) is 4.98 Å². The molecule has 0 radical (unpaired) electrons. The summed E-state index contributed by atoms with van der Waals surface area (Å²) in [4.78, 5) is 17.0. The second-order valence-electron chi connectivity index (χ2n) is 3.75. The number of hydrogen-bond donors (Lipinski definition) is 1. The van der Waals surface area contributed by atoms with Gasteiger partial charge in [-0.2, -0.15) is 0 Å². The van der Waals surface area contributed by atoms with Crippen LogP contribution in [0.4, 0.5) is 0 Å². The first-order chi connectivity index (χ1) is 7.75. The minimum atomic E-state index is -0.897. The molecule has 7 heteroatoms. The van der Waals surface area contributed by atoms with Crippen LogP contribution >= 0.6 is 24.8 Å². The van der Waals surface area contributed by atoms with Crippen LogP contribution in [0.25, 0.3) is 0 Å². The van der Waals surface area contributed by atoms with Crippen molar-refractivity contribution in [1.29, 1.82) is 0 Å². The first kappa shape index (κ1) is 17.1. The average molecular weight is 295 g/mol. The first-order valence-corrected chi connectivity index (χ1v) is 5.22. The number of aliphatic carboxylic acids is 1. The summed E-state index contributed by atoms with van der Waals surface area (Å²) in [5, 5.41) is 8.85. The van der Waals surface area contributed by atoms with Crippen molar-refractivity contribution in [3.63, 3.8) is 0 Å². The molecule has 1 aliphatic rings. The molecule has 1 atom stereocenters. The molecule has 102 valence electrons. The Hall–Kier alpha value is -0.880. The van der Waals surface area contributed by atoms with Crippen molar-refractivity contribution in [1.82, 2.24) is 9.88 Å². The summed E-state index contributed by atoms with van der Waals surface area (Å²) in [6.45, 7) is 2.31. The third-order valence-electron chi connectivity index (χ3n) is 2.54. The van der Waals surface area contributed by atoms with Crippen LogP contribution in [0.1, 0.15) is 5.69 Å². The summed E-state index contributed by atoms with van der Waals surface area (Å²) in [7, 11) is 0. The fourth-order valence-corrected chi connectivity index (χ4v) is 1.72. The third kappa shape index (κ3) is 4.78. The van der Waals surface area contributed by atoms with Crippen LogP contribution in [0.3, 0.4) is 0 Å². The van der Waals surface area contributed by atoms with Gasteiger partial charge in [0, 0.05) is 25.8 Å². The molecule has 2 heterocycles. The van der Waals surface area contributed by atoms with Gasteiger partial charge in [0.15, 0.2) is 6.10 Å². The van der Waals surface area contributed by atoms with Crippen LogP contribution in [0.15, 0.2) is 24.4 Å². The van der Waals surface area contributed by atoms with E-state index >= 15 is 0 Å². The molecule has 1 unspecified atom stereocenters. The lowest BCUT2D eigenvalue weighted by atomic mass is 10.2. The summed E-state index contributed by atoms with van der Waals surface area (Å²) in [5.74, 6) is -0.897. The lowest BCUT2D eigenvalue weighted by molar-refractivity contribution is -0.156. The molecule has 1 aromatic rings. The van der Waals surface area contributed by atoms with E-state index in [-0.39, 0.29) is 24.8 Å². The molecule has 0 saturated carbocycles. The van der Waals surface area contributed by atoms with Crippen molar-refractivity contribution in [3.05, 3.63) is 30.1 Å². The van der Waals surface area contributed by atoms with Crippen molar-refractivity contribution in [3.8, 4) is 0 Å². The lowest BCUT2D eigenvalue weighted by Crippen LogP contribution is -2.45. The molecule has 1 fully saturated rings. The van der Waals surface area contributed by atoms with Crippen LogP contribution in [0.5, 0.6) is 0 Å². The monoisotopic (exact) mass is 294 g/mol. The Morgan fingerprint density at radius 2 is 2.28 bits per heavy atom. The topological polar surface area (TPSA) is 62.7 Å². The van der Waals surface area contributed by atoms with Crippen LogP contribution in [0.2, 0.25) is 0 Å². The molecule has 0 bridgehead atoms. The maximum atomic E-state index is 10.8. The van der Waals surface area contributed by atoms with Gasteiger partial charge in [0.25, 0.3) is 0 Å². The predicted molar refractivity (Wildman–Crippen MR) is 71.4 cm³/mol. The highest BCUT2D eigenvalue weighted by Gasteiger charge is 2.26. The molecule has 1 N–H and O–H groups in total. The van der Waals surface area contributed by atoms with Crippen molar-refractivity contribution < 1.29 is 14.6 Å². The van der Waals surface area contributed by atoms with Crippen molar-refractivity contribution >= 4 is 30.8 Å². The number of ether oxygens (including phenoxy) is 1. The number of aromatic nitrogens is 1. The number of nitrogens with zero attached hydrogens (tertiary/aromatic N) is 2. The van der Waals surface area contributed by atoms with E-state index in [1.807, 2.05) is 23.1 Å². The Labute approximate surface area is 118 Å². The van der Waals surface area contributed by atoms with E-state index in [0.29, 0.717) is 19.7 Å². The summed E-state index contributed by atoms with van der Waals surface area (Å²) in [5.41, 5.74) is 0.952. The molecule has 0 amide bonds. The largest absolute Gasteiger partial charge is 0.479 e. The fraction of sp³-hybridized carbons (Fsp3) is 0.455. The van der Waals surface area contributed by atoms with Gasteiger partial charge in [-0.1, -0.05) is 6.07 Å². The van der Waals surface area contributed by atoms with Crippen LogP contribution in [0, 0.1) is 0 Å². The van der Waals surface area contributed by atoms with Crippen LogP contribution < -0.4 is 0 Å². The maximum absolute atomic E-state index is 10.8. The van der Waals surface area contributed by atoms with E-state index in [0.717, 1.165) is 12.2 Å². The van der Waals surface area contributed by atoms with Gasteiger partial charge in [0.05, 0.1) is 12.3 Å². The normalized spacial score (nSPS) is 19.4. The Kier molecular flexibility index (Phi) is 7.86. The lowest BCUT2D eigenvalue weighted by Gasteiger charge is -2.30. The van der Waals surface area contributed by atoms with E-state index < -0.39 is 12.1 Å². The zero-order chi connectivity index (χ0) is 11.4. The Bertz CT molecular complexity index is 365.